The van der Waals surface area contributed by atoms with E-state index >= 15 is 0 Å². The summed E-state index contributed by atoms with van der Waals surface area (Å²) in [5.74, 6) is 0.963. The summed E-state index contributed by atoms with van der Waals surface area (Å²) in [6, 6.07) is 8.22. The van der Waals surface area contributed by atoms with Gasteiger partial charge in [-0.2, -0.15) is 0 Å². The number of ether oxygens (including phenoxy) is 1. The Morgan fingerprint density at radius 2 is 1.87 bits per heavy atom. The Morgan fingerprint density at radius 1 is 1.20 bits per heavy atom. The van der Waals surface area contributed by atoms with Gasteiger partial charge in [-0.05, 0) is 32.0 Å². The molecule has 1 rings (SSSR count). The Labute approximate surface area is 92.6 Å². The molecule has 2 heteroatoms. The Bertz CT molecular complexity index is 268. The van der Waals surface area contributed by atoms with Crippen LogP contribution >= 0.6 is 0 Å². The summed E-state index contributed by atoms with van der Waals surface area (Å²) in [4.78, 5) is 0. The molecule has 0 heterocycles. The Morgan fingerprint density at radius 3 is 2.40 bits per heavy atom. The molecule has 15 heavy (non-hydrogen) atoms. The normalized spacial score (nSPS) is 12.5. The maximum absolute atomic E-state index is 5.86. The molecule has 84 valence electrons. The number of aryl methyl sites for hydroxylation is 1. The van der Waals surface area contributed by atoms with Crippen molar-refractivity contribution in [3.05, 3.63) is 29.8 Å². The first-order valence-electron chi connectivity index (χ1n) is 5.70. The highest BCUT2D eigenvalue weighted by Gasteiger charge is 2.06. The highest BCUT2D eigenvalue weighted by molar-refractivity contribution is 5.26. The number of likely N-dealkylation sites (N-methyl/N-ethyl adjacent to an activating group) is 1. The van der Waals surface area contributed by atoms with Crippen LogP contribution in [0.5, 0.6) is 5.75 Å². The molecular weight excluding hydrogens is 186 g/mol. The topological polar surface area (TPSA) is 21.3 Å². The summed E-state index contributed by atoms with van der Waals surface area (Å²) < 4.78 is 5.86. The molecule has 2 nitrogen and oxygen atoms in total. The fourth-order valence-corrected chi connectivity index (χ4v) is 1.38. The second-order valence-corrected chi connectivity index (χ2v) is 3.77. The minimum atomic E-state index is 0.271. The summed E-state index contributed by atoms with van der Waals surface area (Å²) >= 11 is 0. The first-order chi connectivity index (χ1) is 7.26. The molecule has 1 N–H and O–H groups in total. The average molecular weight is 207 g/mol. The van der Waals surface area contributed by atoms with E-state index in [1.807, 2.05) is 12.1 Å². The molecule has 0 saturated carbocycles. The van der Waals surface area contributed by atoms with Gasteiger partial charge < -0.3 is 10.1 Å². The second-order valence-electron chi connectivity index (χ2n) is 3.77. The lowest BCUT2D eigenvalue weighted by atomic mass is 10.2. The smallest absolute Gasteiger partial charge is 0.119 e. The second kappa shape index (κ2) is 6.46. The lowest BCUT2D eigenvalue weighted by molar-refractivity contribution is 0.194. The quantitative estimate of drug-likeness (QED) is 0.774. The number of hydrogen-bond donors (Lipinski definition) is 1. The molecule has 1 atom stereocenters. The predicted molar refractivity (Wildman–Crippen MR) is 64.4 cm³/mol. The van der Waals surface area contributed by atoms with Crippen LogP contribution in [-0.2, 0) is 0 Å². The number of rotatable bonds is 6. The van der Waals surface area contributed by atoms with Crippen LogP contribution in [0.4, 0.5) is 0 Å². The minimum Gasteiger partial charge on any atom is -0.489 e. The predicted octanol–water partition coefficient (Wildman–Crippen LogP) is 2.76. The van der Waals surface area contributed by atoms with Gasteiger partial charge in [0.15, 0.2) is 0 Å². The Balaban J connectivity index is 2.47. The number of hydrogen-bond acceptors (Lipinski definition) is 2. The fraction of sp³-hybridized carbons (Fsp3) is 0.538. The molecule has 1 aromatic rings. The molecule has 1 aromatic carbocycles. The van der Waals surface area contributed by atoms with Crippen molar-refractivity contribution >= 4 is 0 Å². The molecule has 0 aliphatic rings. The molecule has 0 radical (unpaired) electrons. The average Bonchev–Trinajstić information content (AvgIpc) is 2.27. The molecule has 0 aliphatic carbocycles. The standard InChI is InChI=1S/C13H21NO/c1-4-12(10-14-5-2)15-13-8-6-11(3)7-9-13/h6-9,12,14H,4-5,10H2,1-3H3. The van der Waals surface area contributed by atoms with Crippen molar-refractivity contribution in [2.45, 2.75) is 33.3 Å². The van der Waals surface area contributed by atoms with E-state index in [0.717, 1.165) is 25.3 Å². The van der Waals surface area contributed by atoms with Crippen molar-refractivity contribution in [2.75, 3.05) is 13.1 Å². The summed E-state index contributed by atoms with van der Waals surface area (Å²) in [6.45, 7) is 8.25. The largest absolute Gasteiger partial charge is 0.489 e. The van der Waals surface area contributed by atoms with Crippen molar-refractivity contribution in [3.63, 3.8) is 0 Å². The van der Waals surface area contributed by atoms with Crippen molar-refractivity contribution in [1.82, 2.24) is 5.32 Å². The van der Waals surface area contributed by atoms with Gasteiger partial charge in [0, 0.05) is 6.54 Å². The molecular formula is C13H21NO. The molecule has 0 saturated heterocycles. The van der Waals surface area contributed by atoms with Crippen molar-refractivity contribution in [3.8, 4) is 5.75 Å². The molecule has 1 unspecified atom stereocenters. The summed E-state index contributed by atoms with van der Waals surface area (Å²) in [5, 5.41) is 3.31. The molecule has 0 bridgehead atoms. The van der Waals surface area contributed by atoms with Crippen molar-refractivity contribution in [1.29, 1.82) is 0 Å². The monoisotopic (exact) mass is 207 g/mol. The summed E-state index contributed by atoms with van der Waals surface area (Å²) in [6.07, 6.45) is 1.30. The first-order valence-corrected chi connectivity index (χ1v) is 5.70. The van der Waals surface area contributed by atoms with Crippen LogP contribution in [-0.4, -0.2) is 19.2 Å². The SMILES string of the molecule is CCNCC(CC)Oc1ccc(C)cc1. The zero-order chi connectivity index (χ0) is 11.1. The molecule has 0 spiro atoms. The maximum atomic E-state index is 5.86. The van der Waals surface area contributed by atoms with Crippen LogP contribution in [0.2, 0.25) is 0 Å². The summed E-state index contributed by atoms with van der Waals surface area (Å²) in [7, 11) is 0. The van der Waals surface area contributed by atoms with Crippen LogP contribution in [0.3, 0.4) is 0 Å². The van der Waals surface area contributed by atoms with Crippen molar-refractivity contribution in [2.24, 2.45) is 0 Å². The van der Waals surface area contributed by atoms with Gasteiger partial charge in [-0.1, -0.05) is 31.5 Å². The van der Waals surface area contributed by atoms with E-state index in [0.29, 0.717) is 0 Å². The first kappa shape index (κ1) is 12.1. The van der Waals surface area contributed by atoms with Crippen LogP contribution in [0.15, 0.2) is 24.3 Å². The molecule has 0 aromatic heterocycles. The Hall–Kier alpha value is -1.02. The highest BCUT2D eigenvalue weighted by atomic mass is 16.5. The van der Waals surface area contributed by atoms with E-state index in [1.54, 1.807) is 0 Å². The highest BCUT2D eigenvalue weighted by Crippen LogP contribution is 2.14. The van der Waals surface area contributed by atoms with E-state index in [1.165, 1.54) is 5.56 Å². The van der Waals surface area contributed by atoms with E-state index in [9.17, 15) is 0 Å². The van der Waals surface area contributed by atoms with Gasteiger partial charge in [-0.25, -0.2) is 0 Å². The van der Waals surface area contributed by atoms with Gasteiger partial charge in [-0.15, -0.1) is 0 Å². The minimum absolute atomic E-state index is 0.271. The van der Waals surface area contributed by atoms with Gasteiger partial charge in [0.05, 0.1) is 0 Å². The molecule has 0 amide bonds. The van der Waals surface area contributed by atoms with Crippen molar-refractivity contribution < 1.29 is 4.74 Å². The van der Waals surface area contributed by atoms with Gasteiger partial charge in [-0.3, -0.25) is 0 Å². The van der Waals surface area contributed by atoms with E-state index in [4.69, 9.17) is 4.74 Å². The van der Waals surface area contributed by atoms with Gasteiger partial charge in [0.25, 0.3) is 0 Å². The van der Waals surface area contributed by atoms with Crippen LogP contribution in [0.25, 0.3) is 0 Å². The zero-order valence-electron chi connectivity index (χ0n) is 9.92. The number of benzene rings is 1. The van der Waals surface area contributed by atoms with Gasteiger partial charge in [0.1, 0.15) is 11.9 Å². The van der Waals surface area contributed by atoms with Crippen LogP contribution in [0, 0.1) is 6.92 Å². The van der Waals surface area contributed by atoms with E-state index in [-0.39, 0.29) is 6.10 Å². The van der Waals surface area contributed by atoms with E-state index < -0.39 is 0 Å². The molecule has 0 fully saturated rings. The number of nitrogens with one attached hydrogen (secondary N) is 1. The third-order valence-corrected chi connectivity index (χ3v) is 2.40. The third-order valence-electron chi connectivity index (χ3n) is 2.40. The lowest BCUT2D eigenvalue weighted by Crippen LogP contribution is -2.30. The third kappa shape index (κ3) is 4.34. The zero-order valence-corrected chi connectivity index (χ0v) is 9.92. The van der Waals surface area contributed by atoms with Gasteiger partial charge >= 0.3 is 0 Å². The Kier molecular flexibility index (Phi) is 5.19. The maximum Gasteiger partial charge on any atom is 0.119 e. The molecule has 0 aliphatic heterocycles. The van der Waals surface area contributed by atoms with Crippen LogP contribution in [0.1, 0.15) is 25.8 Å². The van der Waals surface area contributed by atoms with E-state index in [2.05, 4.69) is 38.2 Å². The lowest BCUT2D eigenvalue weighted by Gasteiger charge is -2.17. The summed E-state index contributed by atoms with van der Waals surface area (Å²) in [5.41, 5.74) is 1.27. The van der Waals surface area contributed by atoms with Crippen LogP contribution < -0.4 is 10.1 Å². The fourth-order valence-electron chi connectivity index (χ4n) is 1.38. The van der Waals surface area contributed by atoms with Gasteiger partial charge in [0.2, 0.25) is 0 Å².